The van der Waals surface area contributed by atoms with Crippen molar-refractivity contribution >= 4 is 5.91 Å². The van der Waals surface area contributed by atoms with Gasteiger partial charge in [-0.15, -0.1) is 0 Å². The van der Waals surface area contributed by atoms with Crippen LogP contribution in [0, 0.1) is 19.8 Å². The van der Waals surface area contributed by atoms with E-state index >= 15 is 0 Å². The first-order valence-corrected chi connectivity index (χ1v) is 8.58. The average Bonchev–Trinajstić information content (AvgIpc) is 2.93. The molecule has 0 radical (unpaired) electrons. The number of hydrogen-bond donors (Lipinski definition) is 0. The van der Waals surface area contributed by atoms with E-state index < -0.39 is 0 Å². The molecule has 2 heterocycles. The molecule has 1 fully saturated rings. The molecule has 1 aliphatic heterocycles. The van der Waals surface area contributed by atoms with Gasteiger partial charge in [0.2, 0.25) is 0 Å². The lowest BCUT2D eigenvalue weighted by Crippen LogP contribution is -2.41. The van der Waals surface area contributed by atoms with Crippen LogP contribution in [-0.2, 0) is 11.3 Å². The van der Waals surface area contributed by atoms with Crippen LogP contribution in [0.15, 0.2) is 36.5 Å². The molecule has 5 nitrogen and oxygen atoms in total. The number of imidazole rings is 1. The fourth-order valence-electron chi connectivity index (χ4n) is 3.23. The summed E-state index contributed by atoms with van der Waals surface area (Å²) in [4.78, 5) is 18.6. The van der Waals surface area contributed by atoms with Crippen molar-refractivity contribution in [2.45, 2.75) is 33.2 Å². The minimum atomic E-state index is 0.0762. The van der Waals surface area contributed by atoms with E-state index in [2.05, 4.69) is 16.5 Å². The van der Waals surface area contributed by atoms with E-state index in [1.54, 1.807) is 0 Å². The van der Waals surface area contributed by atoms with Crippen molar-refractivity contribution in [1.82, 2.24) is 14.5 Å². The molecule has 0 N–H and O–H groups in total. The molecule has 5 heteroatoms. The number of piperidine rings is 1. The summed E-state index contributed by atoms with van der Waals surface area (Å²) in [5, 5.41) is 0. The van der Waals surface area contributed by atoms with E-state index in [0.29, 0.717) is 5.92 Å². The first-order chi connectivity index (χ1) is 11.6. The van der Waals surface area contributed by atoms with Gasteiger partial charge >= 0.3 is 0 Å². The van der Waals surface area contributed by atoms with E-state index in [-0.39, 0.29) is 12.5 Å². The molecule has 128 valence electrons. The highest BCUT2D eigenvalue weighted by Gasteiger charge is 2.23. The maximum absolute atomic E-state index is 12.3. The minimum Gasteiger partial charge on any atom is -0.484 e. The van der Waals surface area contributed by atoms with Gasteiger partial charge in [0, 0.05) is 31.5 Å². The third-order valence-corrected chi connectivity index (χ3v) is 4.77. The van der Waals surface area contributed by atoms with Gasteiger partial charge in [-0.1, -0.05) is 18.2 Å². The molecule has 0 saturated carbocycles. The first-order valence-electron chi connectivity index (χ1n) is 8.58. The fraction of sp³-hybridized carbons (Fsp3) is 0.474. The molecule has 0 spiro atoms. The Kier molecular flexibility index (Phi) is 5.18. The molecule has 1 aliphatic rings. The number of amides is 1. The van der Waals surface area contributed by atoms with Gasteiger partial charge in [0.15, 0.2) is 6.61 Å². The molecule has 1 aromatic carbocycles. The van der Waals surface area contributed by atoms with Crippen molar-refractivity contribution in [3.63, 3.8) is 0 Å². The van der Waals surface area contributed by atoms with Crippen molar-refractivity contribution in [1.29, 1.82) is 0 Å². The molecular formula is C19H25N3O2. The summed E-state index contributed by atoms with van der Waals surface area (Å²) >= 11 is 0. The Hall–Kier alpha value is -2.30. The predicted molar refractivity (Wildman–Crippen MR) is 92.9 cm³/mol. The van der Waals surface area contributed by atoms with Gasteiger partial charge in [-0.05, 0) is 44.7 Å². The number of carbonyl (C=O) groups is 1. The molecule has 24 heavy (non-hydrogen) atoms. The van der Waals surface area contributed by atoms with Crippen molar-refractivity contribution in [3.8, 4) is 5.75 Å². The van der Waals surface area contributed by atoms with E-state index in [0.717, 1.165) is 44.0 Å². The van der Waals surface area contributed by atoms with Gasteiger partial charge in [0.05, 0.1) is 0 Å². The van der Waals surface area contributed by atoms with Crippen LogP contribution in [0.4, 0.5) is 0 Å². The predicted octanol–water partition coefficient (Wildman–Crippen LogP) is 2.82. The lowest BCUT2D eigenvalue weighted by molar-refractivity contribution is -0.134. The molecule has 0 atom stereocenters. The zero-order valence-corrected chi connectivity index (χ0v) is 14.4. The molecule has 1 saturated heterocycles. The van der Waals surface area contributed by atoms with E-state index in [4.69, 9.17) is 4.74 Å². The van der Waals surface area contributed by atoms with Gasteiger partial charge < -0.3 is 14.2 Å². The number of aromatic nitrogens is 2. The maximum Gasteiger partial charge on any atom is 0.260 e. The number of para-hydroxylation sites is 1. The van der Waals surface area contributed by atoms with Crippen molar-refractivity contribution in [2.75, 3.05) is 19.7 Å². The van der Waals surface area contributed by atoms with E-state index in [9.17, 15) is 4.79 Å². The number of rotatable bonds is 5. The number of aryl methyl sites for hydroxylation is 2. The summed E-state index contributed by atoms with van der Waals surface area (Å²) in [6, 6.07) is 9.49. The normalized spacial score (nSPS) is 15.5. The van der Waals surface area contributed by atoms with E-state index in [1.165, 1.54) is 5.69 Å². The number of hydrogen-bond acceptors (Lipinski definition) is 3. The second kappa shape index (κ2) is 7.51. The second-order valence-electron chi connectivity index (χ2n) is 6.48. The van der Waals surface area contributed by atoms with E-state index in [1.807, 2.05) is 48.4 Å². The van der Waals surface area contributed by atoms with Crippen LogP contribution in [0.25, 0.3) is 0 Å². The van der Waals surface area contributed by atoms with Gasteiger partial charge in [-0.2, -0.15) is 0 Å². The van der Waals surface area contributed by atoms with Crippen LogP contribution < -0.4 is 4.74 Å². The lowest BCUT2D eigenvalue weighted by Gasteiger charge is -2.32. The van der Waals surface area contributed by atoms with Crippen molar-refractivity contribution in [3.05, 3.63) is 48.0 Å². The quantitative estimate of drug-likeness (QED) is 0.848. The van der Waals surface area contributed by atoms with Gasteiger partial charge in [-0.25, -0.2) is 4.98 Å². The summed E-state index contributed by atoms with van der Waals surface area (Å²) < 4.78 is 7.84. The first kappa shape index (κ1) is 16.6. The second-order valence-corrected chi connectivity index (χ2v) is 6.48. The number of likely N-dealkylation sites (tertiary alicyclic amines) is 1. The molecule has 0 bridgehead atoms. The number of nitrogens with zero attached hydrogens (tertiary/aromatic N) is 3. The van der Waals surface area contributed by atoms with Crippen molar-refractivity contribution < 1.29 is 9.53 Å². The smallest absolute Gasteiger partial charge is 0.260 e. The Labute approximate surface area is 143 Å². The van der Waals surface area contributed by atoms with Crippen LogP contribution in [0.2, 0.25) is 0 Å². The average molecular weight is 327 g/mol. The highest BCUT2D eigenvalue weighted by atomic mass is 16.5. The Bertz CT molecular complexity index is 654. The molecule has 3 rings (SSSR count). The molecular weight excluding hydrogens is 302 g/mol. The van der Waals surface area contributed by atoms with Gasteiger partial charge in [-0.3, -0.25) is 4.79 Å². The Balaban J connectivity index is 1.45. The molecule has 1 aromatic heterocycles. The zero-order valence-electron chi connectivity index (χ0n) is 14.4. The highest BCUT2D eigenvalue weighted by molar-refractivity contribution is 5.77. The SMILES string of the molecule is Cc1cnc(C)n1CC1CCN(C(=O)COc2ccccc2)CC1. The largest absolute Gasteiger partial charge is 0.484 e. The minimum absolute atomic E-state index is 0.0762. The van der Waals surface area contributed by atoms with Crippen LogP contribution >= 0.6 is 0 Å². The third kappa shape index (κ3) is 3.96. The van der Waals surface area contributed by atoms with Crippen LogP contribution in [0.3, 0.4) is 0 Å². The zero-order chi connectivity index (χ0) is 16.9. The summed E-state index contributed by atoms with van der Waals surface area (Å²) in [5.74, 6) is 2.50. The number of ether oxygens (including phenoxy) is 1. The lowest BCUT2D eigenvalue weighted by atomic mass is 9.96. The Morgan fingerprint density at radius 3 is 2.54 bits per heavy atom. The Morgan fingerprint density at radius 2 is 1.92 bits per heavy atom. The number of benzene rings is 1. The molecule has 0 aliphatic carbocycles. The highest BCUT2D eigenvalue weighted by Crippen LogP contribution is 2.21. The van der Waals surface area contributed by atoms with Crippen LogP contribution in [0.5, 0.6) is 5.75 Å². The molecule has 1 amide bonds. The summed E-state index contributed by atoms with van der Waals surface area (Å²) in [5.41, 5.74) is 1.21. The van der Waals surface area contributed by atoms with Gasteiger partial charge in [0.25, 0.3) is 5.91 Å². The van der Waals surface area contributed by atoms with Crippen LogP contribution in [0.1, 0.15) is 24.4 Å². The summed E-state index contributed by atoms with van der Waals surface area (Å²) in [6.07, 6.45) is 4.00. The molecule has 2 aromatic rings. The molecule has 0 unspecified atom stereocenters. The third-order valence-electron chi connectivity index (χ3n) is 4.77. The number of carbonyl (C=O) groups excluding carboxylic acids is 1. The maximum atomic E-state index is 12.3. The topological polar surface area (TPSA) is 47.4 Å². The van der Waals surface area contributed by atoms with Crippen molar-refractivity contribution in [2.24, 2.45) is 5.92 Å². The van der Waals surface area contributed by atoms with Crippen LogP contribution in [-0.4, -0.2) is 40.1 Å². The fourth-order valence-corrected chi connectivity index (χ4v) is 3.23. The monoisotopic (exact) mass is 327 g/mol. The van der Waals surface area contributed by atoms with Gasteiger partial charge in [0.1, 0.15) is 11.6 Å². The summed E-state index contributed by atoms with van der Waals surface area (Å²) in [7, 11) is 0. The summed E-state index contributed by atoms with van der Waals surface area (Å²) in [6.45, 7) is 6.89. The standard InChI is InChI=1S/C19H25N3O2/c1-15-12-20-16(2)22(15)13-17-8-10-21(11-9-17)19(23)14-24-18-6-4-3-5-7-18/h3-7,12,17H,8-11,13-14H2,1-2H3. The Morgan fingerprint density at radius 1 is 1.21 bits per heavy atom.